The highest BCUT2D eigenvalue weighted by molar-refractivity contribution is 7.10. The fourth-order valence-corrected chi connectivity index (χ4v) is 2.80. The van der Waals surface area contributed by atoms with Gasteiger partial charge in [0, 0.05) is 12.0 Å². The molecule has 0 unspecified atom stereocenters. The number of hydrogen-bond acceptors (Lipinski definition) is 4. The second-order valence-electron chi connectivity index (χ2n) is 5.19. The maximum absolute atomic E-state index is 11.2. The van der Waals surface area contributed by atoms with Gasteiger partial charge in [-0.25, -0.2) is 4.79 Å². The molecular weight excluding hydrogens is 320 g/mol. The first-order valence-electron chi connectivity index (χ1n) is 8.08. The van der Waals surface area contributed by atoms with Crippen molar-refractivity contribution < 1.29 is 14.3 Å². The Bertz CT molecular complexity index is 630. The van der Waals surface area contributed by atoms with E-state index < -0.39 is 0 Å². The summed E-state index contributed by atoms with van der Waals surface area (Å²) >= 11 is 1.79. The SMILES string of the molecule is CC.COC(=O)c1cc(C)ccc1C.COCc1csc(C)c1C. The minimum absolute atomic E-state index is 0.267. The lowest BCUT2D eigenvalue weighted by molar-refractivity contribution is 0.0600. The molecule has 24 heavy (non-hydrogen) atoms. The van der Waals surface area contributed by atoms with Gasteiger partial charge in [0.25, 0.3) is 0 Å². The van der Waals surface area contributed by atoms with Crippen molar-refractivity contribution >= 4 is 17.3 Å². The van der Waals surface area contributed by atoms with E-state index in [0.717, 1.165) is 17.7 Å². The minimum atomic E-state index is -0.267. The lowest BCUT2D eigenvalue weighted by Crippen LogP contribution is -2.03. The summed E-state index contributed by atoms with van der Waals surface area (Å²) in [6.07, 6.45) is 0. The number of carbonyl (C=O) groups is 1. The third-order valence-electron chi connectivity index (χ3n) is 3.49. The van der Waals surface area contributed by atoms with E-state index in [0.29, 0.717) is 5.56 Å². The van der Waals surface area contributed by atoms with Crippen molar-refractivity contribution in [2.45, 2.75) is 48.1 Å². The molecule has 0 N–H and O–H groups in total. The molecule has 0 saturated carbocycles. The van der Waals surface area contributed by atoms with Gasteiger partial charge in [-0.3, -0.25) is 0 Å². The number of esters is 1. The Kier molecular flexibility index (Phi) is 11.0. The lowest BCUT2D eigenvalue weighted by atomic mass is 10.1. The van der Waals surface area contributed by atoms with Gasteiger partial charge in [-0.1, -0.05) is 31.5 Å². The smallest absolute Gasteiger partial charge is 0.338 e. The molecule has 1 aromatic carbocycles. The van der Waals surface area contributed by atoms with Crippen LogP contribution in [-0.4, -0.2) is 20.2 Å². The van der Waals surface area contributed by atoms with E-state index in [1.54, 1.807) is 18.4 Å². The molecule has 2 rings (SSSR count). The molecule has 0 amide bonds. The fraction of sp³-hybridized carbons (Fsp3) is 0.450. The average Bonchev–Trinajstić information content (AvgIpc) is 2.91. The van der Waals surface area contributed by atoms with Crippen LogP contribution in [-0.2, 0) is 16.1 Å². The zero-order valence-corrected chi connectivity index (χ0v) is 17.0. The van der Waals surface area contributed by atoms with Crippen molar-refractivity contribution in [3.63, 3.8) is 0 Å². The first-order chi connectivity index (χ1) is 11.4. The van der Waals surface area contributed by atoms with Gasteiger partial charge in [0.15, 0.2) is 0 Å². The zero-order chi connectivity index (χ0) is 18.7. The first kappa shape index (κ1) is 22.4. The summed E-state index contributed by atoms with van der Waals surface area (Å²) in [5.74, 6) is -0.267. The maximum Gasteiger partial charge on any atom is 0.338 e. The molecule has 0 aliphatic rings. The van der Waals surface area contributed by atoms with Crippen LogP contribution < -0.4 is 0 Å². The number of aryl methyl sites for hydroxylation is 3. The summed E-state index contributed by atoms with van der Waals surface area (Å²) < 4.78 is 9.66. The van der Waals surface area contributed by atoms with Gasteiger partial charge < -0.3 is 9.47 Å². The highest BCUT2D eigenvalue weighted by Crippen LogP contribution is 2.20. The van der Waals surface area contributed by atoms with E-state index in [-0.39, 0.29) is 5.97 Å². The van der Waals surface area contributed by atoms with Crippen LogP contribution in [0.15, 0.2) is 23.6 Å². The van der Waals surface area contributed by atoms with Gasteiger partial charge in [0.1, 0.15) is 0 Å². The number of thiophene rings is 1. The molecule has 0 bridgehead atoms. The largest absolute Gasteiger partial charge is 0.465 e. The van der Waals surface area contributed by atoms with E-state index in [9.17, 15) is 4.79 Å². The Morgan fingerprint density at radius 1 is 1.08 bits per heavy atom. The van der Waals surface area contributed by atoms with Crippen molar-refractivity contribution in [2.75, 3.05) is 14.2 Å². The number of carbonyl (C=O) groups excluding carboxylic acids is 1. The summed E-state index contributed by atoms with van der Waals surface area (Å²) in [5.41, 5.74) is 5.38. The zero-order valence-electron chi connectivity index (χ0n) is 16.1. The molecule has 0 spiro atoms. The Labute approximate surface area is 150 Å². The Balaban J connectivity index is 0.000000405. The van der Waals surface area contributed by atoms with Crippen LogP contribution in [0.25, 0.3) is 0 Å². The van der Waals surface area contributed by atoms with Gasteiger partial charge in [0.05, 0.1) is 19.3 Å². The number of ether oxygens (including phenoxy) is 2. The molecule has 0 aliphatic heterocycles. The molecule has 0 atom stereocenters. The quantitative estimate of drug-likeness (QED) is 0.673. The normalized spacial score (nSPS) is 9.33. The topological polar surface area (TPSA) is 35.5 Å². The molecule has 1 heterocycles. The van der Waals surface area contributed by atoms with Crippen molar-refractivity contribution in [3.05, 3.63) is 56.3 Å². The van der Waals surface area contributed by atoms with Crippen LogP contribution in [0.3, 0.4) is 0 Å². The first-order valence-corrected chi connectivity index (χ1v) is 8.96. The maximum atomic E-state index is 11.2. The second kappa shape index (κ2) is 11.8. The van der Waals surface area contributed by atoms with Crippen LogP contribution in [0.1, 0.15) is 51.3 Å². The number of benzene rings is 1. The highest BCUT2D eigenvalue weighted by Gasteiger charge is 2.07. The lowest BCUT2D eigenvalue weighted by Gasteiger charge is -2.03. The minimum Gasteiger partial charge on any atom is -0.465 e. The van der Waals surface area contributed by atoms with Crippen molar-refractivity contribution in [1.29, 1.82) is 0 Å². The van der Waals surface area contributed by atoms with Gasteiger partial charge in [-0.15, -0.1) is 11.3 Å². The monoisotopic (exact) mass is 350 g/mol. The molecule has 0 radical (unpaired) electrons. The highest BCUT2D eigenvalue weighted by atomic mass is 32.1. The fourth-order valence-electron chi connectivity index (χ4n) is 1.93. The third-order valence-corrected chi connectivity index (χ3v) is 4.55. The predicted octanol–water partition coefficient (Wildman–Crippen LogP) is 5.63. The summed E-state index contributed by atoms with van der Waals surface area (Å²) in [6, 6.07) is 5.73. The summed E-state index contributed by atoms with van der Waals surface area (Å²) in [4.78, 5) is 12.6. The van der Waals surface area contributed by atoms with Crippen LogP contribution >= 0.6 is 11.3 Å². The van der Waals surface area contributed by atoms with Crippen LogP contribution in [0.4, 0.5) is 0 Å². The van der Waals surface area contributed by atoms with Crippen molar-refractivity contribution in [2.24, 2.45) is 0 Å². The molecule has 0 saturated heterocycles. The van der Waals surface area contributed by atoms with Crippen molar-refractivity contribution in [3.8, 4) is 0 Å². The standard InChI is InChI=1S/C10H12O2.C8H12OS.C2H6/c1-7-4-5-8(2)9(6-7)10(11)12-3;1-6-7(2)10-5-8(6)4-9-3;1-2/h4-6H,1-3H3;5H,4H2,1-3H3;1-2H3. The van der Waals surface area contributed by atoms with Crippen molar-refractivity contribution in [1.82, 2.24) is 0 Å². The van der Waals surface area contributed by atoms with Crippen LogP contribution in [0.2, 0.25) is 0 Å². The van der Waals surface area contributed by atoms with Gasteiger partial charge >= 0.3 is 5.97 Å². The van der Waals surface area contributed by atoms with E-state index >= 15 is 0 Å². The number of rotatable bonds is 3. The molecule has 0 aliphatic carbocycles. The summed E-state index contributed by atoms with van der Waals surface area (Å²) in [6.45, 7) is 12.9. The molecule has 2 aromatic rings. The van der Waals surface area contributed by atoms with E-state index in [4.69, 9.17) is 4.74 Å². The van der Waals surface area contributed by atoms with Crippen LogP contribution in [0.5, 0.6) is 0 Å². The van der Waals surface area contributed by atoms with Gasteiger partial charge in [-0.05, 0) is 55.8 Å². The van der Waals surface area contributed by atoms with Crippen LogP contribution in [0, 0.1) is 27.7 Å². The average molecular weight is 351 g/mol. The summed E-state index contributed by atoms with van der Waals surface area (Å²) in [7, 11) is 3.12. The van der Waals surface area contributed by atoms with Gasteiger partial charge in [-0.2, -0.15) is 0 Å². The van der Waals surface area contributed by atoms with E-state index in [2.05, 4.69) is 24.0 Å². The predicted molar refractivity (Wildman–Crippen MR) is 103 cm³/mol. The van der Waals surface area contributed by atoms with E-state index in [1.807, 2.05) is 45.9 Å². The summed E-state index contributed by atoms with van der Waals surface area (Å²) in [5, 5.41) is 2.16. The third kappa shape index (κ3) is 6.85. The Hall–Kier alpha value is -1.65. The molecule has 0 fully saturated rings. The molecule has 4 heteroatoms. The molecule has 134 valence electrons. The molecule has 1 aromatic heterocycles. The number of methoxy groups -OCH3 is 2. The van der Waals surface area contributed by atoms with Gasteiger partial charge in [0.2, 0.25) is 0 Å². The number of hydrogen-bond donors (Lipinski definition) is 0. The molecular formula is C20H30O3S. The molecule has 3 nitrogen and oxygen atoms in total. The Morgan fingerprint density at radius 3 is 2.17 bits per heavy atom. The Morgan fingerprint density at radius 2 is 1.71 bits per heavy atom. The van der Waals surface area contributed by atoms with E-state index in [1.165, 1.54) is 23.1 Å². The second-order valence-corrected chi connectivity index (χ2v) is 6.27.